The van der Waals surface area contributed by atoms with Crippen molar-refractivity contribution < 1.29 is 9.84 Å². The van der Waals surface area contributed by atoms with Gasteiger partial charge in [-0.25, -0.2) is 4.98 Å². The van der Waals surface area contributed by atoms with Gasteiger partial charge >= 0.3 is 0 Å². The summed E-state index contributed by atoms with van der Waals surface area (Å²) >= 11 is 0. The van der Waals surface area contributed by atoms with Gasteiger partial charge in [0.2, 0.25) is 0 Å². The standard InChI is InChI=1S/C14H23N3O2/c1-3-15-14-6-12(4-5-16-14)7-17-8-13(9-18)19-10-11(17)2/h4-6,11,13,18H,3,7-10H2,1-2H3,(H,15,16). The number of aliphatic hydroxyl groups is 1. The number of nitrogens with one attached hydrogen (secondary N) is 1. The average molecular weight is 265 g/mol. The largest absolute Gasteiger partial charge is 0.394 e. The van der Waals surface area contributed by atoms with E-state index in [2.05, 4.69) is 35.1 Å². The van der Waals surface area contributed by atoms with Crippen LogP contribution in [0.4, 0.5) is 5.82 Å². The fraction of sp³-hybridized carbons (Fsp3) is 0.643. The van der Waals surface area contributed by atoms with E-state index in [-0.39, 0.29) is 12.7 Å². The van der Waals surface area contributed by atoms with Crippen molar-refractivity contribution in [3.05, 3.63) is 23.9 Å². The van der Waals surface area contributed by atoms with Gasteiger partial charge in [-0.3, -0.25) is 4.90 Å². The molecule has 0 aliphatic carbocycles. The number of nitrogens with zero attached hydrogens (tertiary/aromatic N) is 2. The van der Waals surface area contributed by atoms with E-state index in [0.717, 1.165) is 25.5 Å². The molecule has 0 radical (unpaired) electrons. The zero-order chi connectivity index (χ0) is 13.7. The van der Waals surface area contributed by atoms with Crippen LogP contribution >= 0.6 is 0 Å². The first-order valence-electron chi connectivity index (χ1n) is 6.88. The molecule has 19 heavy (non-hydrogen) atoms. The van der Waals surface area contributed by atoms with Crippen molar-refractivity contribution in [1.29, 1.82) is 0 Å². The lowest BCUT2D eigenvalue weighted by atomic mass is 10.1. The SMILES string of the molecule is CCNc1cc(CN2CC(CO)OCC2C)ccn1. The highest BCUT2D eigenvalue weighted by Crippen LogP contribution is 2.16. The summed E-state index contributed by atoms with van der Waals surface area (Å²) in [6.07, 6.45) is 1.77. The van der Waals surface area contributed by atoms with Gasteiger partial charge in [0.05, 0.1) is 19.3 Å². The van der Waals surface area contributed by atoms with Gasteiger partial charge in [-0.05, 0) is 31.5 Å². The summed E-state index contributed by atoms with van der Waals surface area (Å²) in [4.78, 5) is 6.62. The van der Waals surface area contributed by atoms with Crippen LogP contribution in [0.5, 0.6) is 0 Å². The first kappa shape index (κ1) is 14.2. The first-order valence-corrected chi connectivity index (χ1v) is 6.88. The Labute approximate surface area is 114 Å². The molecule has 5 heteroatoms. The van der Waals surface area contributed by atoms with Gasteiger partial charge in [-0.2, -0.15) is 0 Å². The molecule has 0 saturated carbocycles. The molecule has 1 aliphatic heterocycles. The van der Waals surface area contributed by atoms with Crippen LogP contribution in [0.2, 0.25) is 0 Å². The van der Waals surface area contributed by atoms with E-state index in [1.54, 1.807) is 0 Å². The third kappa shape index (κ3) is 3.89. The number of morpholine rings is 1. The number of hydrogen-bond donors (Lipinski definition) is 2. The van der Waals surface area contributed by atoms with Crippen LogP contribution in [0.1, 0.15) is 19.4 Å². The fourth-order valence-electron chi connectivity index (χ4n) is 2.29. The Morgan fingerprint density at radius 1 is 1.58 bits per heavy atom. The number of aromatic nitrogens is 1. The van der Waals surface area contributed by atoms with Crippen LogP contribution in [-0.4, -0.2) is 53.4 Å². The number of aliphatic hydroxyl groups excluding tert-OH is 1. The van der Waals surface area contributed by atoms with Crippen LogP contribution in [0.3, 0.4) is 0 Å². The van der Waals surface area contributed by atoms with Crippen molar-refractivity contribution >= 4 is 5.82 Å². The van der Waals surface area contributed by atoms with E-state index in [0.29, 0.717) is 12.6 Å². The molecule has 2 heterocycles. The normalized spacial score (nSPS) is 24.4. The van der Waals surface area contributed by atoms with Crippen LogP contribution < -0.4 is 5.32 Å². The Morgan fingerprint density at radius 2 is 2.42 bits per heavy atom. The van der Waals surface area contributed by atoms with Gasteiger partial charge in [-0.15, -0.1) is 0 Å². The van der Waals surface area contributed by atoms with Crippen molar-refractivity contribution in [2.24, 2.45) is 0 Å². The predicted octanol–water partition coefficient (Wildman–Crippen LogP) is 1.09. The molecule has 0 bridgehead atoms. The van der Waals surface area contributed by atoms with Crippen molar-refractivity contribution in [2.75, 3.05) is 31.6 Å². The first-order chi connectivity index (χ1) is 9.22. The maximum Gasteiger partial charge on any atom is 0.126 e. The van der Waals surface area contributed by atoms with E-state index < -0.39 is 0 Å². The molecular formula is C14H23N3O2. The Balaban J connectivity index is 2.00. The summed E-state index contributed by atoms with van der Waals surface area (Å²) < 4.78 is 5.55. The quantitative estimate of drug-likeness (QED) is 0.835. The summed E-state index contributed by atoms with van der Waals surface area (Å²) in [6, 6.07) is 4.50. The zero-order valence-electron chi connectivity index (χ0n) is 11.7. The molecular weight excluding hydrogens is 242 g/mol. The molecule has 2 rings (SSSR count). The van der Waals surface area contributed by atoms with Crippen molar-refractivity contribution in [3.8, 4) is 0 Å². The molecule has 1 aromatic heterocycles. The van der Waals surface area contributed by atoms with Gasteiger partial charge in [0, 0.05) is 31.9 Å². The smallest absolute Gasteiger partial charge is 0.126 e. The summed E-state index contributed by atoms with van der Waals surface area (Å²) in [5.74, 6) is 0.916. The van der Waals surface area contributed by atoms with E-state index in [9.17, 15) is 5.11 Å². The molecule has 2 N–H and O–H groups in total. The highest BCUT2D eigenvalue weighted by molar-refractivity contribution is 5.37. The number of ether oxygens (including phenoxy) is 1. The molecule has 2 atom stereocenters. The summed E-state index contributed by atoms with van der Waals surface area (Å²) in [5.41, 5.74) is 1.23. The third-order valence-electron chi connectivity index (χ3n) is 3.41. The van der Waals surface area contributed by atoms with Gasteiger partial charge in [-0.1, -0.05) is 0 Å². The Kier molecular flexibility index (Phi) is 5.13. The van der Waals surface area contributed by atoms with Gasteiger partial charge in [0.25, 0.3) is 0 Å². The fourth-order valence-corrected chi connectivity index (χ4v) is 2.29. The van der Waals surface area contributed by atoms with Crippen LogP contribution in [0, 0.1) is 0 Å². The van der Waals surface area contributed by atoms with Gasteiger partial charge < -0.3 is 15.2 Å². The zero-order valence-corrected chi connectivity index (χ0v) is 11.7. The second kappa shape index (κ2) is 6.84. The monoisotopic (exact) mass is 265 g/mol. The highest BCUT2D eigenvalue weighted by Gasteiger charge is 2.25. The van der Waals surface area contributed by atoms with Crippen LogP contribution in [-0.2, 0) is 11.3 Å². The van der Waals surface area contributed by atoms with E-state index >= 15 is 0 Å². The summed E-state index contributed by atoms with van der Waals surface area (Å²) in [7, 11) is 0. The van der Waals surface area contributed by atoms with Crippen molar-refractivity contribution in [1.82, 2.24) is 9.88 Å². The maximum atomic E-state index is 9.20. The predicted molar refractivity (Wildman–Crippen MR) is 75.1 cm³/mol. The minimum Gasteiger partial charge on any atom is -0.394 e. The molecule has 1 saturated heterocycles. The summed E-state index contributed by atoms with van der Waals surface area (Å²) in [5, 5.41) is 12.4. The Hall–Kier alpha value is -1.17. The van der Waals surface area contributed by atoms with Gasteiger partial charge in [0.1, 0.15) is 5.82 Å². The average Bonchev–Trinajstić information content (AvgIpc) is 2.42. The molecule has 0 spiro atoms. The Bertz CT molecular complexity index is 400. The van der Waals surface area contributed by atoms with Crippen LogP contribution in [0.25, 0.3) is 0 Å². The number of pyridine rings is 1. The van der Waals surface area contributed by atoms with E-state index in [1.165, 1.54) is 5.56 Å². The lowest BCUT2D eigenvalue weighted by Gasteiger charge is -2.37. The van der Waals surface area contributed by atoms with Crippen molar-refractivity contribution in [2.45, 2.75) is 32.5 Å². The molecule has 1 fully saturated rings. The maximum absolute atomic E-state index is 9.20. The lowest BCUT2D eigenvalue weighted by Crippen LogP contribution is -2.48. The molecule has 2 unspecified atom stereocenters. The minimum absolute atomic E-state index is 0.0636. The Morgan fingerprint density at radius 3 is 3.16 bits per heavy atom. The van der Waals surface area contributed by atoms with Crippen molar-refractivity contribution in [3.63, 3.8) is 0 Å². The van der Waals surface area contributed by atoms with Gasteiger partial charge in [0.15, 0.2) is 0 Å². The second-order valence-corrected chi connectivity index (χ2v) is 5.00. The molecule has 106 valence electrons. The number of rotatable bonds is 5. The van der Waals surface area contributed by atoms with E-state index in [1.807, 2.05) is 12.3 Å². The molecule has 5 nitrogen and oxygen atoms in total. The lowest BCUT2D eigenvalue weighted by molar-refractivity contribution is -0.0805. The molecule has 1 aromatic rings. The molecule has 0 amide bonds. The molecule has 0 aromatic carbocycles. The summed E-state index contributed by atoms with van der Waals surface area (Å²) in [6.45, 7) is 7.48. The number of anilines is 1. The van der Waals surface area contributed by atoms with E-state index in [4.69, 9.17) is 4.74 Å². The minimum atomic E-state index is -0.0636. The number of hydrogen-bond acceptors (Lipinski definition) is 5. The molecule has 1 aliphatic rings. The third-order valence-corrected chi connectivity index (χ3v) is 3.41. The second-order valence-electron chi connectivity index (χ2n) is 5.00. The topological polar surface area (TPSA) is 57.6 Å². The highest BCUT2D eigenvalue weighted by atomic mass is 16.5. The van der Waals surface area contributed by atoms with Crippen LogP contribution in [0.15, 0.2) is 18.3 Å².